The largest absolute Gasteiger partial charge is 0.493 e. The monoisotopic (exact) mass is 495 g/mol. The number of carbonyl (C=O) groups is 1. The van der Waals surface area contributed by atoms with Gasteiger partial charge in [0.15, 0.2) is 11.5 Å². The number of rotatable bonds is 13. The summed E-state index contributed by atoms with van der Waals surface area (Å²) in [5.74, 6) is 1.01. The van der Waals surface area contributed by atoms with Gasteiger partial charge in [-0.2, -0.15) is 0 Å². The lowest BCUT2D eigenvalue weighted by Gasteiger charge is -2.14. The minimum absolute atomic E-state index is 0.0923. The first kappa shape index (κ1) is 26.7. The maximum absolute atomic E-state index is 13.2. The van der Waals surface area contributed by atoms with Gasteiger partial charge in [-0.25, -0.2) is 9.18 Å². The molecule has 1 atom stereocenters. The van der Waals surface area contributed by atoms with Gasteiger partial charge in [0.05, 0.1) is 19.8 Å². The summed E-state index contributed by atoms with van der Waals surface area (Å²) in [4.78, 5) is 12.3. The molecular formula is C28H30FNO6. The maximum Gasteiger partial charge on any atom is 0.338 e. The van der Waals surface area contributed by atoms with Gasteiger partial charge >= 0.3 is 5.97 Å². The molecular weight excluding hydrogens is 465 g/mol. The van der Waals surface area contributed by atoms with Crippen molar-refractivity contribution in [3.63, 3.8) is 0 Å². The molecule has 0 radical (unpaired) electrons. The van der Waals surface area contributed by atoms with Crippen molar-refractivity contribution in [3.8, 4) is 17.2 Å². The van der Waals surface area contributed by atoms with E-state index in [0.717, 1.165) is 0 Å². The third-order valence-electron chi connectivity index (χ3n) is 5.18. The molecule has 190 valence electrons. The fourth-order valence-electron chi connectivity index (χ4n) is 3.32. The van der Waals surface area contributed by atoms with Crippen LogP contribution < -0.4 is 19.5 Å². The molecule has 36 heavy (non-hydrogen) atoms. The predicted octanol–water partition coefficient (Wildman–Crippen LogP) is 3.96. The van der Waals surface area contributed by atoms with Crippen LogP contribution in [0.1, 0.15) is 11.1 Å². The van der Waals surface area contributed by atoms with Crippen LogP contribution in [0.15, 0.2) is 72.8 Å². The lowest BCUT2D eigenvalue weighted by Crippen LogP contribution is -2.33. The topological polar surface area (TPSA) is 86.3 Å². The third kappa shape index (κ3) is 8.11. The Morgan fingerprint density at radius 2 is 1.67 bits per heavy atom. The molecule has 1 unspecified atom stereocenters. The summed E-state index contributed by atoms with van der Waals surface area (Å²) in [6.07, 6.45) is 0.911. The van der Waals surface area contributed by atoms with Gasteiger partial charge in [-0.3, -0.25) is 0 Å². The number of aliphatic hydroxyl groups excluding tert-OH is 1. The second-order valence-electron chi connectivity index (χ2n) is 7.79. The van der Waals surface area contributed by atoms with Crippen LogP contribution in [0.5, 0.6) is 17.2 Å². The summed E-state index contributed by atoms with van der Waals surface area (Å²) < 4.78 is 34.7. The van der Waals surface area contributed by atoms with Crippen LogP contribution >= 0.6 is 0 Å². The standard InChI is InChI=1S/C28H30FNO6/c1-33-26-5-3-4-6-27(26)35-16-15-30-18-23(31)19-36-24-13-9-21(10-14-24)25(28(32)34-2)17-20-7-11-22(29)12-8-20/h3-14,17,23,30-31H,15-16,18-19H2,1-2H3/b25-17+. The number of para-hydroxylation sites is 2. The Balaban J connectivity index is 1.46. The number of hydrogen-bond donors (Lipinski definition) is 2. The SMILES string of the molecule is COC(=O)/C(=C/c1ccc(F)cc1)c1ccc(OCC(O)CNCCOc2ccccc2OC)cc1. The van der Waals surface area contributed by atoms with Crippen molar-refractivity contribution in [2.24, 2.45) is 0 Å². The van der Waals surface area contributed by atoms with Crippen molar-refractivity contribution in [3.05, 3.63) is 89.7 Å². The van der Waals surface area contributed by atoms with Crippen LogP contribution in [0.2, 0.25) is 0 Å². The molecule has 0 bridgehead atoms. The molecule has 0 aromatic heterocycles. The van der Waals surface area contributed by atoms with Crippen molar-refractivity contribution in [2.45, 2.75) is 6.10 Å². The minimum Gasteiger partial charge on any atom is -0.493 e. The second-order valence-corrected chi connectivity index (χ2v) is 7.79. The molecule has 0 saturated heterocycles. The minimum atomic E-state index is -0.722. The Morgan fingerprint density at radius 1 is 0.972 bits per heavy atom. The molecule has 8 heteroatoms. The Bertz CT molecular complexity index is 1130. The third-order valence-corrected chi connectivity index (χ3v) is 5.18. The van der Waals surface area contributed by atoms with Crippen LogP contribution in [-0.2, 0) is 9.53 Å². The number of benzene rings is 3. The summed E-state index contributed by atoms with van der Waals surface area (Å²) in [6.45, 7) is 1.39. The van der Waals surface area contributed by atoms with Gasteiger partial charge < -0.3 is 29.4 Å². The number of hydrogen-bond acceptors (Lipinski definition) is 7. The van der Waals surface area contributed by atoms with Gasteiger partial charge in [0.25, 0.3) is 0 Å². The number of halogens is 1. The number of carbonyl (C=O) groups excluding carboxylic acids is 1. The van der Waals surface area contributed by atoms with Crippen LogP contribution in [0, 0.1) is 5.82 Å². The molecule has 3 aromatic rings. The van der Waals surface area contributed by atoms with E-state index < -0.39 is 12.1 Å². The van der Waals surface area contributed by atoms with Gasteiger partial charge in [-0.05, 0) is 53.6 Å². The Kier molecular flexibility index (Phi) is 10.3. The molecule has 0 saturated carbocycles. The maximum atomic E-state index is 13.2. The van der Waals surface area contributed by atoms with Crippen molar-refractivity contribution >= 4 is 17.6 Å². The van der Waals surface area contributed by atoms with Crippen molar-refractivity contribution in [1.82, 2.24) is 5.32 Å². The number of aliphatic hydroxyl groups is 1. The average molecular weight is 496 g/mol. The van der Waals surface area contributed by atoms with Gasteiger partial charge in [0.1, 0.15) is 30.9 Å². The van der Waals surface area contributed by atoms with Crippen molar-refractivity contribution in [2.75, 3.05) is 40.5 Å². The Hall–Kier alpha value is -3.88. The van der Waals surface area contributed by atoms with E-state index in [2.05, 4.69) is 5.32 Å². The molecule has 0 fully saturated rings. The molecule has 2 N–H and O–H groups in total. The van der Waals surface area contributed by atoms with Crippen molar-refractivity contribution < 1.29 is 33.2 Å². The van der Waals surface area contributed by atoms with E-state index in [-0.39, 0.29) is 12.4 Å². The Morgan fingerprint density at radius 3 is 2.33 bits per heavy atom. The van der Waals surface area contributed by atoms with E-state index in [9.17, 15) is 14.3 Å². The van der Waals surface area contributed by atoms with E-state index in [4.69, 9.17) is 18.9 Å². The summed E-state index contributed by atoms with van der Waals surface area (Å²) in [6, 6.07) is 20.1. The lowest BCUT2D eigenvalue weighted by molar-refractivity contribution is -0.133. The fourth-order valence-corrected chi connectivity index (χ4v) is 3.32. The Labute approximate surface area is 210 Å². The molecule has 0 amide bonds. The smallest absolute Gasteiger partial charge is 0.338 e. The fraction of sp³-hybridized carbons (Fsp3) is 0.250. The average Bonchev–Trinajstić information content (AvgIpc) is 2.91. The predicted molar refractivity (Wildman–Crippen MR) is 136 cm³/mol. The van der Waals surface area contributed by atoms with Gasteiger partial charge in [-0.1, -0.05) is 36.4 Å². The molecule has 3 rings (SSSR count). The lowest BCUT2D eigenvalue weighted by atomic mass is 10.0. The highest BCUT2D eigenvalue weighted by molar-refractivity contribution is 6.21. The highest BCUT2D eigenvalue weighted by Gasteiger charge is 2.13. The summed E-state index contributed by atoms with van der Waals surface area (Å²) in [7, 11) is 2.89. The van der Waals surface area contributed by atoms with E-state index in [1.165, 1.54) is 19.2 Å². The molecule has 0 aliphatic heterocycles. The highest BCUT2D eigenvalue weighted by Crippen LogP contribution is 2.25. The molecule has 0 heterocycles. The second kappa shape index (κ2) is 13.9. The zero-order valence-electron chi connectivity index (χ0n) is 20.3. The first-order chi connectivity index (χ1) is 17.5. The molecule has 0 aliphatic carbocycles. The zero-order valence-corrected chi connectivity index (χ0v) is 20.3. The number of nitrogens with one attached hydrogen (secondary N) is 1. The normalized spacial score (nSPS) is 12.1. The first-order valence-corrected chi connectivity index (χ1v) is 11.4. The van der Waals surface area contributed by atoms with Gasteiger partial charge in [0, 0.05) is 13.1 Å². The van der Waals surface area contributed by atoms with E-state index in [1.54, 1.807) is 49.6 Å². The summed E-state index contributed by atoms with van der Waals surface area (Å²) >= 11 is 0. The number of ether oxygens (including phenoxy) is 4. The van der Waals surface area contributed by atoms with Crippen LogP contribution in [0.25, 0.3) is 11.6 Å². The van der Waals surface area contributed by atoms with Crippen LogP contribution in [0.3, 0.4) is 0 Å². The highest BCUT2D eigenvalue weighted by atomic mass is 19.1. The van der Waals surface area contributed by atoms with E-state index in [1.807, 2.05) is 24.3 Å². The summed E-state index contributed by atoms with van der Waals surface area (Å²) in [5.41, 5.74) is 1.62. The number of methoxy groups -OCH3 is 2. The molecule has 3 aromatic carbocycles. The van der Waals surface area contributed by atoms with E-state index >= 15 is 0 Å². The number of esters is 1. The van der Waals surface area contributed by atoms with Gasteiger partial charge in [0.2, 0.25) is 0 Å². The van der Waals surface area contributed by atoms with Gasteiger partial charge in [-0.15, -0.1) is 0 Å². The van der Waals surface area contributed by atoms with Crippen LogP contribution in [0.4, 0.5) is 4.39 Å². The van der Waals surface area contributed by atoms with E-state index in [0.29, 0.717) is 53.6 Å². The summed E-state index contributed by atoms with van der Waals surface area (Å²) in [5, 5.41) is 13.3. The molecule has 0 aliphatic rings. The van der Waals surface area contributed by atoms with Crippen LogP contribution in [-0.4, -0.2) is 57.7 Å². The zero-order chi connectivity index (χ0) is 25.8. The first-order valence-electron chi connectivity index (χ1n) is 11.4. The van der Waals surface area contributed by atoms with Crippen molar-refractivity contribution in [1.29, 1.82) is 0 Å². The molecule has 7 nitrogen and oxygen atoms in total. The quantitative estimate of drug-likeness (QED) is 0.161. The molecule has 0 spiro atoms.